The number of hydrogen-bond acceptors (Lipinski definition) is 2. The van der Waals surface area contributed by atoms with Crippen LogP contribution in [0.1, 0.15) is 48.7 Å². The molecule has 0 bridgehead atoms. The molecule has 0 N–H and O–H groups in total. The Kier molecular flexibility index (Phi) is 2.73. The highest BCUT2D eigenvalue weighted by atomic mass is 35.5. The summed E-state index contributed by atoms with van der Waals surface area (Å²) in [6.45, 7) is 3.92. The van der Waals surface area contributed by atoms with Crippen LogP contribution in [-0.2, 0) is 0 Å². The zero-order valence-electron chi connectivity index (χ0n) is 8.68. The van der Waals surface area contributed by atoms with E-state index in [1.165, 1.54) is 31.2 Å². The summed E-state index contributed by atoms with van der Waals surface area (Å²) < 4.78 is 0. The Balaban J connectivity index is 2.40. The first-order valence-electron chi connectivity index (χ1n) is 5.19. The van der Waals surface area contributed by atoms with Gasteiger partial charge in [-0.2, -0.15) is 0 Å². The van der Waals surface area contributed by atoms with Gasteiger partial charge in [0.05, 0.1) is 0 Å². The minimum atomic E-state index is 0.600. The van der Waals surface area contributed by atoms with Gasteiger partial charge in [0, 0.05) is 11.3 Å². The molecule has 0 aliphatic heterocycles. The van der Waals surface area contributed by atoms with E-state index in [0.29, 0.717) is 11.1 Å². The van der Waals surface area contributed by atoms with Gasteiger partial charge in [0.15, 0.2) is 0 Å². The largest absolute Gasteiger partial charge is 0.238 e. The van der Waals surface area contributed by atoms with E-state index in [1.54, 1.807) is 0 Å². The molecule has 1 aromatic heterocycles. The summed E-state index contributed by atoms with van der Waals surface area (Å²) in [7, 11) is 0. The summed E-state index contributed by atoms with van der Waals surface area (Å²) in [4.78, 5) is 8.62. The van der Waals surface area contributed by atoms with Crippen LogP contribution in [0.25, 0.3) is 0 Å². The summed E-state index contributed by atoms with van der Waals surface area (Å²) in [5.74, 6) is 1.37. The van der Waals surface area contributed by atoms with Crippen LogP contribution < -0.4 is 0 Å². The topological polar surface area (TPSA) is 25.8 Å². The van der Waals surface area contributed by atoms with E-state index >= 15 is 0 Å². The molecule has 0 radical (unpaired) electrons. The van der Waals surface area contributed by atoms with Crippen LogP contribution in [0.15, 0.2) is 0 Å². The van der Waals surface area contributed by atoms with Gasteiger partial charge in [-0.05, 0) is 32.6 Å². The summed E-state index contributed by atoms with van der Waals surface area (Å²) in [6.07, 6.45) is 5.11. The Hall–Kier alpha value is -0.630. The zero-order valence-corrected chi connectivity index (χ0v) is 9.43. The molecule has 0 unspecified atom stereocenters. The molecule has 1 fully saturated rings. The molecule has 76 valence electrons. The van der Waals surface area contributed by atoms with Gasteiger partial charge in [-0.3, -0.25) is 0 Å². The van der Waals surface area contributed by atoms with Gasteiger partial charge >= 0.3 is 0 Å². The number of nitrogens with zero attached hydrogens (tertiary/aromatic N) is 2. The van der Waals surface area contributed by atoms with Crippen molar-refractivity contribution in [1.82, 2.24) is 9.97 Å². The fourth-order valence-corrected chi connectivity index (χ4v) is 2.77. The molecule has 0 aromatic carbocycles. The van der Waals surface area contributed by atoms with E-state index in [4.69, 9.17) is 11.6 Å². The van der Waals surface area contributed by atoms with Crippen LogP contribution in [-0.4, -0.2) is 9.97 Å². The van der Waals surface area contributed by atoms with Crippen LogP contribution in [0.4, 0.5) is 0 Å². The number of aryl methyl sites for hydroxylation is 2. The highest BCUT2D eigenvalue weighted by Crippen LogP contribution is 2.38. The van der Waals surface area contributed by atoms with Crippen molar-refractivity contribution in [3.8, 4) is 0 Å². The molecule has 1 aromatic rings. The molecule has 0 amide bonds. The first-order valence-corrected chi connectivity index (χ1v) is 5.57. The minimum absolute atomic E-state index is 0.600. The molecule has 0 atom stereocenters. The highest BCUT2D eigenvalue weighted by Gasteiger charge is 2.22. The second kappa shape index (κ2) is 3.85. The van der Waals surface area contributed by atoms with Crippen LogP contribution in [0.5, 0.6) is 0 Å². The Morgan fingerprint density at radius 3 is 2.36 bits per heavy atom. The Labute approximate surface area is 89.7 Å². The maximum Gasteiger partial charge on any atom is 0.136 e. The molecular weight excluding hydrogens is 196 g/mol. The first-order chi connectivity index (χ1) is 6.68. The fourth-order valence-electron chi connectivity index (χ4n) is 2.36. The smallest absolute Gasteiger partial charge is 0.136 e. The number of rotatable bonds is 1. The molecule has 1 saturated carbocycles. The van der Waals surface area contributed by atoms with Crippen LogP contribution in [0.3, 0.4) is 0 Å². The van der Waals surface area contributed by atoms with Crippen LogP contribution >= 0.6 is 11.6 Å². The number of aromatic nitrogens is 2. The number of halogens is 1. The molecule has 2 nitrogen and oxygen atoms in total. The number of hydrogen-bond donors (Lipinski definition) is 0. The molecule has 1 heterocycles. The lowest BCUT2D eigenvalue weighted by atomic mass is 9.98. The molecule has 14 heavy (non-hydrogen) atoms. The van der Waals surface area contributed by atoms with E-state index in [1.807, 2.05) is 13.8 Å². The van der Waals surface area contributed by atoms with Crippen molar-refractivity contribution < 1.29 is 0 Å². The lowest BCUT2D eigenvalue weighted by molar-refractivity contribution is 0.703. The van der Waals surface area contributed by atoms with Crippen LogP contribution in [0.2, 0.25) is 5.15 Å². The van der Waals surface area contributed by atoms with Crippen molar-refractivity contribution in [2.45, 2.75) is 45.4 Å². The summed E-state index contributed by atoms with van der Waals surface area (Å²) in [6, 6.07) is 0. The van der Waals surface area contributed by atoms with Gasteiger partial charge in [0.1, 0.15) is 11.0 Å². The van der Waals surface area contributed by atoms with Crippen molar-refractivity contribution in [1.29, 1.82) is 0 Å². The zero-order chi connectivity index (χ0) is 10.1. The molecule has 1 aliphatic carbocycles. The summed E-state index contributed by atoms with van der Waals surface area (Å²) >= 11 is 6.16. The van der Waals surface area contributed by atoms with Gasteiger partial charge < -0.3 is 0 Å². The average molecular weight is 211 g/mol. The van der Waals surface area contributed by atoms with E-state index in [-0.39, 0.29) is 0 Å². The molecule has 0 saturated heterocycles. The van der Waals surface area contributed by atoms with Crippen molar-refractivity contribution in [2.24, 2.45) is 0 Å². The predicted octanol–water partition coefficient (Wildman–Crippen LogP) is 3.40. The molecule has 3 heteroatoms. The maximum absolute atomic E-state index is 6.16. The standard InChI is InChI=1S/C11H15ClN2/c1-7-10(9-5-3-4-6-9)11(12)14-8(2)13-7/h9H,3-6H2,1-2H3. The third kappa shape index (κ3) is 1.76. The minimum Gasteiger partial charge on any atom is -0.238 e. The molecule has 2 rings (SSSR count). The van der Waals surface area contributed by atoms with E-state index in [9.17, 15) is 0 Å². The molecular formula is C11H15ClN2. The average Bonchev–Trinajstić information content (AvgIpc) is 2.54. The highest BCUT2D eigenvalue weighted by molar-refractivity contribution is 6.30. The first kappa shape index (κ1) is 9.91. The molecule has 0 spiro atoms. The third-order valence-corrected chi connectivity index (χ3v) is 3.25. The van der Waals surface area contributed by atoms with Crippen molar-refractivity contribution in [2.75, 3.05) is 0 Å². The van der Waals surface area contributed by atoms with Gasteiger partial charge in [-0.15, -0.1) is 0 Å². The van der Waals surface area contributed by atoms with Gasteiger partial charge in [-0.1, -0.05) is 24.4 Å². The van der Waals surface area contributed by atoms with E-state index in [0.717, 1.165) is 11.5 Å². The molecule has 1 aliphatic rings. The van der Waals surface area contributed by atoms with Gasteiger partial charge in [0.25, 0.3) is 0 Å². The van der Waals surface area contributed by atoms with Gasteiger partial charge in [0.2, 0.25) is 0 Å². The second-order valence-electron chi connectivity index (χ2n) is 4.04. The van der Waals surface area contributed by atoms with Crippen LogP contribution in [0, 0.1) is 13.8 Å². The lowest BCUT2D eigenvalue weighted by Crippen LogP contribution is -2.03. The van der Waals surface area contributed by atoms with Crippen molar-refractivity contribution in [3.05, 3.63) is 22.2 Å². The predicted molar refractivity (Wildman–Crippen MR) is 57.7 cm³/mol. The van der Waals surface area contributed by atoms with E-state index < -0.39 is 0 Å². The lowest BCUT2D eigenvalue weighted by Gasteiger charge is -2.13. The Bertz CT molecular complexity index is 320. The van der Waals surface area contributed by atoms with Crippen molar-refractivity contribution >= 4 is 11.6 Å². The summed E-state index contributed by atoms with van der Waals surface area (Å²) in [5.41, 5.74) is 2.25. The van der Waals surface area contributed by atoms with E-state index in [2.05, 4.69) is 9.97 Å². The monoisotopic (exact) mass is 210 g/mol. The summed E-state index contributed by atoms with van der Waals surface area (Å²) in [5, 5.41) is 0.668. The third-order valence-electron chi connectivity index (χ3n) is 2.96. The Morgan fingerprint density at radius 2 is 1.79 bits per heavy atom. The SMILES string of the molecule is Cc1nc(C)c(C2CCCC2)c(Cl)n1. The normalized spacial score (nSPS) is 17.6. The van der Waals surface area contributed by atoms with Crippen molar-refractivity contribution in [3.63, 3.8) is 0 Å². The second-order valence-corrected chi connectivity index (χ2v) is 4.40. The van der Waals surface area contributed by atoms with Gasteiger partial charge in [-0.25, -0.2) is 9.97 Å². The maximum atomic E-state index is 6.16. The fraction of sp³-hybridized carbons (Fsp3) is 0.636. The Morgan fingerprint density at radius 1 is 1.14 bits per heavy atom. The quantitative estimate of drug-likeness (QED) is 0.664.